The first-order chi connectivity index (χ1) is 8.63. The number of aromatic nitrogens is 1. The summed E-state index contributed by atoms with van der Waals surface area (Å²) in [6.07, 6.45) is 8.25. The zero-order chi connectivity index (χ0) is 13.1. The molecule has 100 valence electrons. The summed E-state index contributed by atoms with van der Waals surface area (Å²) in [5.41, 5.74) is 7.66. The number of nitrogen functional groups attached to an aromatic ring is 1. The molecule has 2 unspecified atom stereocenters. The predicted molar refractivity (Wildman–Crippen MR) is 80.7 cm³/mol. The number of nitrogens with zero attached hydrogens (tertiary/aromatic N) is 1. The number of anilines is 2. The summed E-state index contributed by atoms with van der Waals surface area (Å²) in [4.78, 5) is 4.42. The van der Waals surface area contributed by atoms with Gasteiger partial charge in [0.15, 0.2) is 0 Å². The van der Waals surface area contributed by atoms with Crippen LogP contribution in [0, 0.1) is 12.8 Å². The Morgan fingerprint density at radius 2 is 2.17 bits per heavy atom. The van der Waals surface area contributed by atoms with Crippen LogP contribution in [-0.4, -0.2) is 11.0 Å². The van der Waals surface area contributed by atoms with E-state index in [2.05, 4.69) is 33.2 Å². The SMILES string of the molecule is CCC1CCCCC1Nc1ncc(N)c(C)c1Br. The van der Waals surface area contributed by atoms with Gasteiger partial charge in [0.05, 0.1) is 16.4 Å². The third-order valence-electron chi connectivity index (χ3n) is 4.06. The van der Waals surface area contributed by atoms with Gasteiger partial charge in [-0.2, -0.15) is 0 Å². The molecule has 3 N–H and O–H groups in total. The molecule has 1 saturated carbocycles. The van der Waals surface area contributed by atoms with Crippen molar-refractivity contribution in [2.45, 2.75) is 52.0 Å². The van der Waals surface area contributed by atoms with Gasteiger partial charge < -0.3 is 11.1 Å². The first kappa shape index (κ1) is 13.7. The van der Waals surface area contributed by atoms with Gasteiger partial charge in [0.2, 0.25) is 0 Å². The van der Waals surface area contributed by atoms with Crippen LogP contribution in [0.1, 0.15) is 44.6 Å². The number of hydrogen-bond acceptors (Lipinski definition) is 3. The molecule has 1 fully saturated rings. The molecule has 0 spiro atoms. The van der Waals surface area contributed by atoms with Gasteiger partial charge in [0.1, 0.15) is 5.82 Å². The molecular formula is C14H22BrN3. The van der Waals surface area contributed by atoms with Crippen LogP contribution in [0.3, 0.4) is 0 Å². The molecule has 1 aromatic rings. The van der Waals surface area contributed by atoms with E-state index in [1.807, 2.05) is 6.92 Å². The van der Waals surface area contributed by atoms with E-state index >= 15 is 0 Å². The Morgan fingerprint density at radius 1 is 1.44 bits per heavy atom. The standard InChI is InChI=1S/C14H22BrN3/c1-3-10-6-4-5-7-12(10)18-14-13(15)9(2)11(16)8-17-14/h8,10,12H,3-7,16H2,1-2H3,(H,17,18). The molecule has 3 nitrogen and oxygen atoms in total. The molecule has 1 heterocycles. The summed E-state index contributed by atoms with van der Waals surface area (Å²) in [7, 11) is 0. The number of nitrogens with two attached hydrogens (primary N) is 1. The normalized spacial score (nSPS) is 23.9. The highest BCUT2D eigenvalue weighted by molar-refractivity contribution is 9.10. The summed E-state index contributed by atoms with van der Waals surface area (Å²) in [5, 5.41) is 3.60. The van der Waals surface area contributed by atoms with Gasteiger partial charge in [0, 0.05) is 6.04 Å². The highest BCUT2D eigenvalue weighted by Crippen LogP contribution is 2.33. The van der Waals surface area contributed by atoms with Crippen molar-refractivity contribution in [3.63, 3.8) is 0 Å². The Morgan fingerprint density at radius 3 is 2.89 bits per heavy atom. The minimum absolute atomic E-state index is 0.551. The Bertz CT molecular complexity index is 420. The van der Waals surface area contributed by atoms with Crippen molar-refractivity contribution in [2.75, 3.05) is 11.1 Å². The molecule has 0 radical (unpaired) electrons. The fourth-order valence-electron chi connectivity index (χ4n) is 2.75. The van der Waals surface area contributed by atoms with Crippen molar-refractivity contribution in [3.05, 3.63) is 16.2 Å². The summed E-state index contributed by atoms with van der Waals surface area (Å²) in [5.74, 6) is 1.71. The largest absolute Gasteiger partial charge is 0.397 e. The van der Waals surface area contributed by atoms with E-state index in [-0.39, 0.29) is 0 Å². The number of rotatable bonds is 3. The number of halogens is 1. The molecule has 4 heteroatoms. The van der Waals surface area contributed by atoms with Gasteiger partial charge in [-0.15, -0.1) is 0 Å². The van der Waals surface area contributed by atoms with Crippen LogP contribution in [0.25, 0.3) is 0 Å². The van der Waals surface area contributed by atoms with Crippen LogP contribution in [0.4, 0.5) is 11.5 Å². The lowest BCUT2D eigenvalue weighted by Crippen LogP contribution is -2.32. The van der Waals surface area contributed by atoms with Crippen molar-refractivity contribution < 1.29 is 0 Å². The number of nitrogens with one attached hydrogen (secondary N) is 1. The number of pyridine rings is 1. The van der Waals surface area contributed by atoms with Crippen LogP contribution in [0.2, 0.25) is 0 Å². The summed E-state index contributed by atoms with van der Waals surface area (Å²) in [6.45, 7) is 4.30. The minimum Gasteiger partial charge on any atom is -0.397 e. The Hall–Kier alpha value is -0.770. The number of hydrogen-bond donors (Lipinski definition) is 2. The van der Waals surface area contributed by atoms with Gasteiger partial charge in [-0.1, -0.05) is 26.2 Å². The second kappa shape index (κ2) is 5.91. The molecule has 2 rings (SSSR count). The van der Waals surface area contributed by atoms with Crippen molar-refractivity contribution in [1.29, 1.82) is 0 Å². The van der Waals surface area contributed by atoms with E-state index in [1.165, 1.54) is 32.1 Å². The second-order valence-electron chi connectivity index (χ2n) is 5.20. The van der Waals surface area contributed by atoms with Gasteiger partial charge in [0.25, 0.3) is 0 Å². The van der Waals surface area contributed by atoms with Crippen LogP contribution in [0.5, 0.6) is 0 Å². The molecule has 18 heavy (non-hydrogen) atoms. The smallest absolute Gasteiger partial charge is 0.140 e. The summed E-state index contributed by atoms with van der Waals surface area (Å²) >= 11 is 3.59. The van der Waals surface area contributed by atoms with Crippen molar-refractivity contribution >= 4 is 27.4 Å². The Balaban J connectivity index is 2.15. The van der Waals surface area contributed by atoms with Crippen molar-refractivity contribution in [1.82, 2.24) is 4.98 Å². The first-order valence-electron chi connectivity index (χ1n) is 6.80. The van der Waals surface area contributed by atoms with Gasteiger partial charge in [-0.3, -0.25) is 0 Å². The topological polar surface area (TPSA) is 50.9 Å². The predicted octanol–water partition coefficient (Wildman–Crippen LogP) is 4.12. The summed E-state index contributed by atoms with van der Waals surface area (Å²) in [6, 6.07) is 0.551. The summed E-state index contributed by atoms with van der Waals surface area (Å²) < 4.78 is 1.00. The lowest BCUT2D eigenvalue weighted by Gasteiger charge is -2.32. The fourth-order valence-corrected chi connectivity index (χ4v) is 3.20. The molecule has 0 saturated heterocycles. The first-order valence-corrected chi connectivity index (χ1v) is 7.59. The average Bonchev–Trinajstić information content (AvgIpc) is 2.40. The molecule has 0 bridgehead atoms. The maximum Gasteiger partial charge on any atom is 0.140 e. The van der Waals surface area contributed by atoms with E-state index in [0.717, 1.165) is 27.5 Å². The third kappa shape index (κ3) is 2.79. The monoisotopic (exact) mass is 311 g/mol. The molecule has 2 atom stereocenters. The van der Waals surface area contributed by atoms with Crippen LogP contribution >= 0.6 is 15.9 Å². The maximum atomic E-state index is 5.86. The van der Waals surface area contributed by atoms with Crippen LogP contribution in [-0.2, 0) is 0 Å². The van der Waals surface area contributed by atoms with Crippen molar-refractivity contribution in [2.24, 2.45) is 5.92 Å². The maximum absolute atomic E-state index is 5.86. The molecule has 1 aliphatic carbocycles. The molecule has 0 amide bonds. The highest BCUT2D eigenvalue weighted by atomic mass is 79.9. The van der Waals surface area contributed by atoms with E-state index < -0.39 is 0 Å². The zero-order valence-corrected chi connectivity index (χ0v) is 12.8. The fraction of sp³-hybridized carbons (Fsp3) is 0.643. The van der Waals surface area contributed by atoms with Gasteiger partial charge in [-0.05, 0) is 47.2 Å². The van der Waals surface area contributed by atoms with Crippen molar-refractivity contribution in [3.8, 4) is 0 Å². The van der Waals surface area contributed by atoms with Gasteiger partial charge in [-0.25, -0.2) is 4.98 Å². The Kier molecular flexibility index (Phi) is 4.49. The Labute approximate surface area is 118 Å². The lowest BCUT2D eigenvalue weighted by molar-refractivity contribution is 0.316. The average molecular weight is 312 g/mol. The van der Waals surface area contributed by atoms with E-state index in [1.54, 1.807) is 6.20 Å². The molecular weight excluding hydrogens is 290 g/mol. The molecule has 1 aliphatic rings. The minimum atomic E-state index is 0.551. The third-order valence-corrected chi connectivity index (χ3v) is 5.03. The quantitative estimate of drug-likeness (QED) is 0.883. The van der Waals surface area contributed by atoms with Crippen LogP contribution < -0.4 is 11.1 Å². The van der Waals surface area contributed by atoms with E-state index in [9.17, 15) is 0 Å². The van der Waals surface area contributed by atoms with E-state index in [0.29, 0.717) is 6.04 Å². The lowest BCUT2D eigenvalue weighted by atomic mass is 9.83. The van der Waals surface area contributed by atoms with E-state index in [4.69, 9.17) is 5.73 Å². The molecule has 0 aliphatic heterocycles. The van der Waals surface area contributed by atoms with Crippen LogP contribution in [0.15, 0.2) is 10.7 Å². The molecule has 1 aromatic heterocycles. The second-order valence-corrected chi connectivity index (χ2v) is 6.00. The zero-order valence-electron chi connectivity index (χ0n) is 11.2. The highest BCUT2D eigenvalue weighted by Gasteiger charge is 2.24. The van der Waals surface area contributed by atoms with Gasteiger partial charge >= 0.3 is 0 Å². The molecule has 0 aromatic carbocycles.